The highest BCUT2D eigenvalue weighted by molar-refractivity contribution is 7.80. The lowest BCUT2D eigenvalue weighted by Gasteiger charge is -2.10. The maximum atomic E-state index is 13.0. The molecule has 0 fully saturated rings. The van der Waals surface area contributed by atoms with Gasteiger partial charge in [0, 0.05) is 5.69 Å². The fourth-order valence-electron chi connectivity index (χ4n) is 1.70. The number of nitrogens with one attached hydrogen (secondary N) is 1. The average molecular weight is 304 g/mol. The van der Waals surface area contributed by atoms with Crippen molar-refractivity contribution in [3.8, 4) is 5.75 Å². The van der Waals surface area contributed by atoms with Crippen LogP contribution in [0.15, 0.2) is 48.5 Å². The lowest BCUT2D eigenvalue weighted by Crippen LogP contribution is -2.21. The van der Waals surface area contributed by atoms with Crippen LogP contribution in [0.25, 0.3) is 0 Å². The van der Waals surface area contributed by atoms with Crippen molar-refractivity contribution in [2.45, 2.75) is 0 Å². The first kappa shape index (κ1) is 14.9. The molecule has 21 heavy (non-hydrogen) atoms. The van der Waals surface area contributed by atoms with Crippen LogP contribution >= 0.6 is 12.2 Å². The van der Waals surface area contributed by atoms with E-state index in [1.807, 2.05) is 0 Å². The van der Waals surface area contributed by atoms with Crippen molar-refractivity contribution < 1.29 is 13.9 Å². The third-order valence-corrected chi connectivity index (χ3v) is 2.84. The number of thiocarbonyl (C=S) groups is 1. The molecule has 0 aliphatic carbocycles. The number of para-hydroxylation sites is 1. The van der Waals surface area contributed by atoms with E-state index in [0.717, 1.165) is 0 Å². The second-order valence-corrected chi connectivity index (χ2v) is 4.65. The molecule has 0 bridgehead atoms. The van der Waals surface area contributed by atoms with Gasteiger partial charge in [0.1, 0.15) is 16.6 Å². The van der Waals surface area contributed by atoms with Crippen LogP contribution in [0.1, 0.15) is 5.56 Å². The van der Waals surface area contributed by atoms with Gasteiger partial charge in [0.05, 0.1) is 5.56 Å². The molecular formula is C15H13FN2O2S. The summed E-state index contributed by atoms with van der Waals surface area (Å²) in [6.45, 7) is -0.226. The number of hydrogen-bond acceptors (Lipinski definition) is 3. The summed E-state index contributed by atoms with van der Waals surface area (Å²) < 4.78 is 18.4. The molecule has 2 aromatic carbocycles. The first-order valence-corrected chi connectivity index (χ1v) is 6.54. The van der Waals surface area contributed by atoms with E-state index in [1.54, 1.807) is 30.3 Å². The molecular weight excluding hydrogens is 291 g/mol. The Morgan fingerprint density at radius 2 is 2.00 bits per heavy atom. The molecule has 3 N–H and O–H groups in total. The molecule has 1 amide bonds. The number of nitrogens with two attached hydrogens (primary N) is 1. The summed E-state index contributed by atoms with van der Waals surface area (Å²) >= 11 is 4.90. The smallest absolute Gasteiger partial charge is 0.262 e. The number of halogens is 1. The van der Waals surface area contributed by atoms with Crippen LogP contribution < -0.4 is 15.8 Å². The number of ether oxygens (including phenoxy) is 1. The van der Waals surface area contributed by atoms with Crippen LogP contribution in [-0.2, 0) is 4.79 Å². The summed E-state index contributed by atoms with van der Waals surface area (Å²) in [5.74, 6) is -0.398. The van der Waals surface area contributed by atoms with Crippen LogP contribution in [0, 0.1) is 5.82 Å². The zero-order valence-corrected chi connectivity index (χ0v) is 11.8. The van der Waals surface area contributed by atoms with Gasteiger partial charge in [-0.25, -0.2) is 4.39 Å². The molecule has 0 radical (unpaired) electrons. The van der Waals surface area contributed by atoms with E-state index in [-0.39, 0.29) is 11.6 Å². The Kier molecular flexibility index (Phi) is 4.84. The van der Waals surface area contributed by atoms with Gasteiger partial charge in [0.15, 0.2) is 6.61 Å². The molecule has 0 saturated carbocycles. The number of carbonyl (C=O) groups excluding carboxylic acids is 1. The molecule has 0 unspecified atom stereocenters. The summed E-state index contributed by atoms with van der Waals surface area (Å²) in [4.78, 5) is 11.9. The van der Waals surface area contributed by atoms with Crippen molar-refractivity contribution in [2.75, 3.05) is 11.9 Å². The van der Waals surface area contributed by atoms with Gasteiger partial charge in [-0.15, -0.1) is 0 Å². The number of amides is 1. The topological polar surface area (TPSA) is 64.3 Å². The number of rotatable bonds is 5. The second kappa shape index (κ2) is 6.81. The molecule has 108 valence electrons. The van der Waals surface area contributed by atoms with Crippen LogP contribution in [0.2, 0.25) is 0 Å². The Morgan fingerprint density at radius 1 is 1.24 bits per heavy atom. The van der Waals surface area contributed by atoms with E-state index in [2.05, 4.69) is 5.32 Å². The number of hydrogen-bond donors (Lipinski definition) is 2. The number of benzene rings is 2. The van der Waals surface area contributed by atoms with Crippen LogP contribution in [0.4, 0.5) is 10.1 Å². The Hall–Kier alpha value is -2.47. The molecule has 2 aromatic rings. The zero-order chi connectivity index (χ0) is 15.2. The predicted octanol–water partition coefficient (Wildman–Crippen LogP) is 2.48. The monoisotopic (exact) mass is 304 g/mol. The molecule has 0 heterocycles. The summed E-state index contributed by atoms with van der Waals surface area (Å²) in [5.41, 5.74) is 6.50. The van der Waals surface area contributed by atoms with Crippen LogP contribution in [0.3, 0.4) is 0 Å². The summed E-state index contributed by atoms with van der Waals surface area (Å²) in [6, 6.07) is 12.5. The lowest BCUT2D eigenvalue weighted by molar-refractivity contribution is -0.118. The Balaban J connectivity index is 1.97. The van der Waals surface area contributed by atoms with Gasteiger partial charge >= 0.3 is 0 Å². The molecule has 0 aliphatic rings. The van der Waals surface area contributed by atoms with Gasteiger partial charge in [-0.2, -0.15) is 0 Å². The molecule has 6 heteroatoms. The normalized spacial score (nSPS) is 9.95. The Bertz CT molecular complexity index is 676. The summed E-state index contributed by atoms with van der Waals surface area (Å²) in [5, 5.41) is 2.53. The highest BCUT2D eigenvalue weighted by Crippen LogP contribution is 2.17. The maximum Gasteiger partial charge on any atom is 0.262 e. The van der Waals surface area contributed by atoms with E-state index in [4.69, 9.17) is 22.7 Å². The summed E-state index contributed by atoms with van der Waals surface area (Å²) in [7, 11) is 0. The van der Waals surface area contributed by atoms with E-state index >= 15 is 0 Å². The van der Waals surface area contributed by atoms with E-state index < -0.39 is 11.7 Å². The van der Waals surface area contributed by atoms with Gasteiger partial charge in [0.25, 0.3) is 5.91 Å². The third-order valence-electron chi connectivity index (χ3n) is 2.62. The Morgan fingerprint density at radius 3 is 2.71 bits per heavy atom. The van der Waals surface area contributed by atoms with Gasteiger partial charge in [-0.3, -0.25) is 4.79 Å². The van der Waals surface area contributed by atoms with E-state index in [1.165, 1.54) is 18.2 Å². The van der Waals surface area contributed by atoms with Crippen molar-refractivity contribution >= 4 is 28.8 Å². The van der Waals surface area contributed by atoms with Gasteiger partial charge < -0.3 is 15.8 Å². The fraction of sp³-hybridized carbons (Fsp3) is 0.0667. The van der Waals surface area contributed by atoms with Crippen molar-refractivity contribution in [2.24, 2.45) is 5.73 Å². The first-order chi connectivity index (χ1) is 10.1. The summed E-state index contributed by atoms with van der Waals surface area (Å²) in [6.07, 6.45) is 0. The predicted molar refractivity (Wildman–Crippen MR) is 82.9 cm³/mol. The third kappa shape index (κ3) is 4.25. The van der Waals surface area contributed by atoms with Crippen molar-refractivity contribution in [3.05, 3.63) is 59.9 Å². The minimum Gasteiger partial charge on any atom is -0.483 e. The quantitative estimate of drug-likeness (QED) is 0.833. The molecule has 2 rings (SSSR count). The SMILES string of the molecule is NC(=S)c1ccccc1OCC(=O)Nc1cccc(F)c1. The lowest BCUT2D eigenvalue weighted by atomic mass is 10.2. The fourth-order valence-corrected chi connectivity index (χ4v) is 1.87. The molecule has 0 spiro atoms. The highest BCUT2D eigenvalue weighted by atomic mass is 32.1. The average Bonchev–Trinajstić information content (AvgIpc) is 2.45. The minimum absolute atomic E-state index is 0.191. The Labute approximate surface area is 126 Å². The minimum atomic E-state index is -0.424. The number of carbonyl (C=O) groups is 1. The van der Waals surface area contributed by atoms with Crippen molar-refractivity contribution in [3.63, 3.8) is 0 Å². The molecule has 0 atom stereocenters. The largest absolute Gasteiger partial charge is 0.483 e. The van der Waals surface area contributed by atoms with E-state index in [9.17, 15) is 9.18 Å². The van der Waals surface area contributed by atoms with Gasteiger partial charge in [-0.1, -0.05) is 30.4 Å². The molecule has 0 saturated heterocycles. The first-order valence-electron chi connectivity index (χ1n) is 6.13. The standard InChI is InChI=1S/C15H13FN2O2S/c16-10-4-3-5-11(8-10)18-14(19)9-20-13-7-2-1-6-12(13)15(17)21/h1-8H,9H2,(H2,17,21)(H,18,19). The number of anilines is 1. The van der Waals surface area contributed by atoms with Crippen molar-refractivity contribution in [1.29, 1.82) is 0 Å². The molecule has 0 aliphatic heterocycles. The maximum absolute atomic E-state index is 13.0. The molecule has 0 aromatic heterocycles. The molecule has 4 nitrogen and oxygen atoms in total. The van der Waals surface area contributed by atoms with Crippen LogP contribution in [-0.4, -0.2) is 17.5 Å². The zero-order valence-electron chi connectivity index (χ0n) is 11.0. The van der Waals surface area contributed by atoms with Gasteiger partial charge in [0.2, 0.25) is 0 Å². The second-order valence-electron chi connectivity index (χ2n) is 4.21. The van der Waals surface area contributed by atoms with Gasteiger partial charge in [-0.05, 0) is 30.3 Å². The van der Waals surface area contributed by atoms with Crippen LogP contribution in [0.5, 0.6) is 5.75 Å². The highest BCUT2D eigenvalue weighted by Gasteiger charge is 2.08. The van der Waals surface area contributed by atoms with E-state index in [0.29, 0.717) is 17.0 Å². The van der Waals surface area contributed by atoms with Crippen molar-refractivity contribution in [1.82, 2.24) is 0 Å².